The first-order valence-electron chi connectivity index (χ1n) is 3.65. The van der Waals surface area contributed by atoms with Crippen molar-refractivity contribution in [1.82, 2.24) is 5.32 Å². The average Bonchev–Trinajstić information content (AvgIpc) is 1.83. The molecule has 0 aliphatic rings. The first-order chi connectivity index (χ1) is 4.16. The third-order valence-electron chi connectivity index (χ3n) is 1.23. The van der Waals surface area contributed by atoms with Gasteiger partial charge in [-0.25, -0.2) is 0 Å². The van der Waals surface area contributed by atoms with Crippen LogP contribution in [0.5, 0.6) is 0 Å². The van der Waals surface area contributed by atoms with Crippen molar-refractivity contribution in [2.75, 3.05) is 6.54 Å². The number of nitrogens with one attached hydrogen (secondary N) is 1. The van der Waals surface area contributed by atoms with E-state index in [1.807, 2.05) is 0 Å². The van der Waals surface area contributed by atoms with Crippen LogP contribution in [0.1, 0.15) is 27.2 Å². The van der Waals surface area contributed by atoms with E-state index in [1.54, 1.807) is 0 Å². The Kier molecular flexibility index (Phi) is 5.42. The highest BCUT2D eigenvalue weighted by Crippen LogP contribution is 2.00. The molecule has 0 saturated heterocycles. The van der Waals surface area contributed by atoms with E-state index in [-0.39, 0.29) is 0 Å². The Labute approximate surface area is 60.8 Å². The highest BCUT2D eigenvalue weighted by atomic mass is 31.0. The summed E-state index contributed by atoms with van der Waals surface area (Å²) in [5.74, 6) is 1.37. The van der Waals surface area contributed by atoms with Gasteiger partial charge in [-0.1, -0.05) is 20.8 Å². The second-order valence-corrected chi connectivity index (χ2v) is 3.62. The van der Waals surface area contributed by atoms with Gasteiger partial charge in [-0.2, -0.15) is 0 Å². The van der Waals surface area contributed by atoms with E-state index in [1.165, 1.54) is 6.42 Å². The summed E-state index contributed by atoms with van der Waals surface area (Å²) in [7, 11) is 2.79. The molecule has 2 unspecified atom stereocenters. The number of rotatable bonds is 4. The van der Waals surface area contributed by atoms with Gasteiger partial charge >= 0.3 is 0 Å². The Morgan fingerprint density at radius 1 is 1.44 bits per heavy atom. The standard InChI is InChI=1S/C7H18NP/c1-4-7(9)8-5-6(2)3/h6-8H,4-5,9H2,1-3H3. The van der Waals surface area contributed by atoms with Crippen LogP contribution in [0, 0.1) is 5.92 Å². The molecule has 0 amide bonds. The SMILES string of the molecule is CCC(P)NCC(C)C. The van der Waals surface area contributed by atoms with Crippen LogP contribution in [0.25, 0.3) is 0 Å². The maximum Gasteiger partial charge on any atom is 0.0208 e. The van der Waals surface area contributed by atoms with Crippen LogP contribution in [0.2, 0.25) is 0 Å². The zero-order valence-electron chi connectivity index (χ0n) is 6.65. The summed E-state index contributed by atoms with van der Waals surface area (Å²) in [6.45, 7) is 7.76. The lowest BCUT2D eigenvalue weighted by Gasteiger charge is -2.12. The lowest BCUT2D eigenvalue weighted by molar-refractivity contribution is 0.531. The van der Waals surface area contributed by atoms with Crippen LogP contribution < -0.4 is 5.32 Å². The Hall–Kier alpha value is 0.390. The molecule has 2 atom stereocenters. The van der Waals surface area contributed by atoms with Gasteiger partial charge in [0.25, 0.3) is 0 Å². The van der Waals surface area contributed by atoms with Gasteiger partial charge in [-0.15, -0.1) is 9.24 Å². The summed E-state index contributed by atoms with van der Waals surface area (Å²) in [5, 5.41) is 3.39. The second-order valence-electron chi connectivity index (χ2n) is 2.82. The zero-order chi connectivity index (χ0) is 7.28. The smallest absolute Gasteiger partial charge is 0.0208 e. The summed E-state index contributed by atoms with van der Waals surface area (Å²) in [5.41, 5.74) is 0. The van der Waals surface area contributed by atoms with E-state index in [2.05, 4.69) is 35.3 Å². The van der Waals surface area contributed by atoms with Crippen molar-refractivity contribution in [2.24, 2.45) is 5.92 Å². The van der Waals surface area contributed by atoms with E-state index < -0.39 is 0 Å². The molecular formula is C7H18NP. The molecule has 0 heterocycles. The molecule has 1 nitrogen and oxygen atoms in total. The molecule has 0 aromatic carbocycles. The Morgan fingerprint density at radius 3 is 2.33 bits per heavy atom. The fourth-order valence-corrected chi connectivity index (χ4v) is 0.667. The van der Waals surface area contributed by atoms with E-state index in [0.717, 1.165) is 12.5 Å². The molecule has 0 saturated carbocycles. The Balaban J connectivity index is 3.06. The van der Waals surface area contributed by atoms with Crippen molar-refractivity contribution in [3.8, 4) is 0 Å². The van der Waals surface area contributed by atoms with Crippen LogP contribution in [-0.2, 0) is 0 Å². The third-order valence-corrected chi connectivity index (χ3v) is 1.94. The monoisotopic (exact) mass is 147 g/mol. The summed E-state index contributed by atoms with van der Waals surface area (Å²) in [4.78, 5) is 0. The maximum atomic E-state index is 3.39. The molecule has 0 radical (unpaired) electrons. The van der Waals surface area contributed by atoms with Gasteiger partial charge in [0.05, 0.1) is 0 Å². The van der Waals surface area contributed by atoms with Crippen LogP contribution in [0.15, 0.2) is 0 Å². The molecular weight excluding hydrogens is 129 g/mol. The van der Waals surface area contributed by atoms with E-state index in [4.69, 9.17) is 0 Å². The van der Waals surface area contributed by atoms with Crippen molar-refractivity contribution in [3.05, 3.63) is 0 Å². The lowest BCUT2D eigenvalue weighted by atomic mass is 10.2. The molecule has 2 heteroatoms. The van der Waals surface area contributed by atoms with Gasteiger partial charge < -0.3 is 5.32 Å². The largest absolute Gasteiger partial charge is 0.310 e. The van der Waals surface area contributed by atoms with E-state index in [9.17, 15) is 0 Å². The normalized spacial score (nSPS) is 14.3. The third kappa shape index (κ3) is 6.27. The topological polar surface area (TPSA) is 12.0 Å². The molecule has 0 aliphatic heterocycles. The second kappa shape index (κ2) is 5.20. The van der Waals surface area contributed by atoms with Crippen LogP contribution in [0.4, 0.5) is 0 Å². The van der Waals surface area contributed by atoms with Gasteiger partial charge in [-0.3, -0.25) is 0 Å². The van der Waals surface area contributed by atoms with Gasteiger partial charge in [0.2, 0.25) is 0 Å². The summed E-state index contributed by atoms with van der Waals surface area (Å²) >= 11 is 0. The van der Waals surface area contributed by atoms with Crippen LogP contribution in [-0.4, -0.2) is 12.3 Å². The highest BCUT2D eigenvalue weighted by molar-refractivity contribution is 7.17. The molecule has 1 N–H and O–H groups in total. The predicted octanol–water partition coefficient (Wildman–Crippen LogP) is 1.84. The molecule has 56 valence electrons. The highest BCUT2D eigenvalue weighted by Gasteiger charge is 1.97. The van der Waals surface area contributed by atoms with Crippen molar-refractivity contribution < 1.29 is 0 Å². The van der Waals surface area contributed by atoms with Gasteiger partial charge in [-0.05, 0) is 18.9 Å². The number of hydrogen-bond donors (Lipinski definition) is 1. The van der Waals surface area contributed by atoms with Crippen molar-refractivity contribution in [1.29, 1.82) is 0 Å². The van der Waals surface area contributed by atoms with Crippen LogP contribution >= 0.6 is 9.24 Å². The molecule has 0 bridgehead atoms. The molecule has 0 aromatic rings. The zero-order valence-corrected chi connectivity index (χ0v) is 7.80. The van der Waals surface area contributed by atoms with E-state index in [0.29, 0.717) is 5.78 Å². The Bertz CT molecular complexity index is 63.9. The molecule has 0 rings (SSSR count). The first kappa shape index (κ1) is 9.39. The van der Waals surface area contributed by atoms with Gasteiger partial charge in [0, 0.05) is 5.78 Å². The van der Waals surface area contributed by atoms with Gasteiger partial charge in [0.1, 0.15) is 0 Å². The molecule has 9 heavy (non-hydrogen) atoms. The maximum absolute atomic E-state index is 3.39. The minimum absolute atomic E-state index is 0.604. The summed E-state index contributed by atoms with van der Waals surface area (Å²) < 4.78 is 0. The minimum atomic E-state index is 0.604. The Morgan fingerprint density at radius 2 is 2.00 bits per heavy atom. The predicted molar refractivity (Wildman–Crippen MR) is 46.6 cm³/mol. The fourth-order valence-electron chi connectivity index (χ4n) is 0.531. The molecule has 0 aliphatic carbocycles. The molecule has 0 fully saturated rings. The first-order valence-corrected chi connectivity index (χ1v) is 4.32. The lowest BCUT2D eigenvalue weighted by Crippen LogP contribution is -2.26. The van der Waals surface area contributed by atoms with E-state index >= 15 is 0 Å². The number of hydrogen-bond acceptors (Lipinski definition) is 1. The molecule has 0 aromatic heterocycles. The van der Waals surface area contributed by atoms with Crippen molar-refractivity contribution >= 4 is 9.24 Å². The van der Waals surface area contributed by atoms with Gasteiger partial charge in [0.15, 0.2) is 0 Å². The average molecular weight is 147 g/mol. The van der Waals surface area contributed by atoms with Crippen LogP contribution in [0.3, 0.4) is 0 Å². The fraction of sp³-hybridized carbons (Fsp3) is 1.00. The summed E-state index contributed by atoms with van der Waals surface area (Å²) in [6.07, 6.45) is 1.19. The minimum Gasteiger partial charge on any atom is -0.310 e. The quantitative estimate of drug-likeness (QED) is 0.598. The molecule has 0 spiro atoms. The van der Waals surface area contributed by atoms with Crippen molar-refractivity contribution in [2.45, 2.75) is 33.0 Å². The summed E-state index contributed by atoms with van der Waals surface area (Å²) in [6, 6.07) is 0. The van der Waals surface area contributed by atoms with Crippen molar-refractivity contribution in [3.63, 3.8) is 0 Å².